The maximum atomic E-state index is 12.3. The van der Waals surface area contributed by atoms with Gasteiger partial charge in [0.05, 0.1) is 17.0 Å². The third-order valence-electron chi connectivity index (χ3n) is 3.33. The lowest BCUT2D eigenvalue weighted by Crippen LogP contribution is -2.35. The number of hydrogen-bond donors (Lipinski definition) is 2. The zero-order valence-electron chi connectivity index (χ0n) is 11.4. The smallest absolute Gasteiger partial charge is 0.240 e. The van der Waals surface area contributed by atoms with Crippen molar-refractivity contribution >= 4 is 21.6 Å². The molecule has 0 aliphatic carbocycles. The number of sulfonamides is 1. The minimum absolute atomic E-state index is 0.0316. The number of benzene rings is 1. The van der Waals surface area contributed by atoms with Crippen molar-refractivity contribution < 1.29 is 13.2 Å². The first kappa shape index (κ1) is 15.6. The molecule has 2 N–H and O–H groups in total. The molecule has 1 aromatic rings. The molecule has 1 aliphatic heterocycles. The molecule has 1 fully saturated rings. The van der Waals surface area contributed by atoms with E-state index in [9.17, 15) is 8.42 Å². The predicted octanol–water partition coefficient (Wildman–Crippen LogP) is 1.77. The first-order valence-corrected chi connectivity index (χ1v) is 8.45. The van der Waals surface area contributed by atoms with Gasteiger partial charge in [-0.25, -0.2) is 13.1 Å². The summed E-state index contributed by atoms with van der Waals surface area (Å²) in [6, 6.07) is 4.45. The highest BCUT2D eigenvalue weighted by Gasteiger charge is 2.21. The average Bonchev–Trinajstić information content (AvgIpc) is 2.66. The highest BCUT2D eigenvalue weighted by Crippen LogP contribution is 2.27. The van der Waals surface area contributed by atoms with Crippen molar-refractivity contribution in [1.29, 1.82) is 0 Å². The fourth-order valence-electron chi connectivity index (χ4n) is 2.24. The van der Waals surface area contributed by atoms with Crippen LogP contribution in [0.2, 0.25) is 5.02 Å². The van der Waals surface area contributed by atoms with Crippen LogP contribution in [0.4, 0.5) is 0 Å². The first-order chi connectivity index (χ1) is 9.53. The molecule has 0 radical (unpaired) electrons. The summed E-state index contributed by atoms with van der Waals surface area (Å²) in [5, 5.41) is 3.54. The van der Waals surface area contributed by atoms with E-state index in [-0.39, 0.29) is 16.0 Å². The van der Waals surface area contributed by atoms with Crippen molar-refractivity contribution in [2.24, 2.45) is 0 Å². The number of ether oxygens (including phenoxy) is 1. The van der Waals surface area contributed by atoms with Crippen LogP contribution in [-0.4, -0.2) is 34.7 Å². The van der Waals surface area contributed by atoms with E-state index < -0.39 is 10.0 Å². The molecular weight excluding hydrogens is 300 g/mol. The van der Waals surface area contributed by atoms with Crippen LogP contribution in [0.15, 0.2) is 23.1 Å². The van der Waals surface area contributed by atoms with E-state index in [0.717, 1.165) is 32.4 Å². The third kappa shape index (κ3) is 3.85. The SMILES string of the molecule is COc1ccc(S(=O)(=O)NC2CCCNCC2)cc1Cl. The summed E-state index contributed by atoms with van der Waals surface area (Å²) >= 11 is 5.98. The van der Waals surface area contributed by atoms with E-state index >= 15 is 0 Å². The summed E-state index contributed by atoms with van der Waals surface area (Å²) in [6.07, 6.45) is 2.61. The van der Waals surface area contributed by atoms with Gasteiger partial charge < -0.3 is 10.1 Å². The Labute approximate surface area is 124 Å². The van der Waals surface area contributed by atoms with Gasteiger partial charge in [0.15, 0.2) is 0 Å². The molecular formula is C13H19ClN2O3S. The number of halogens is 1. The minimum Gasteiger partial charge on any atom is -0.495 e. The lowest BCUT2D eigenvalue weighted by Gasteiger charge is -2.16. The minimum atomic E-state index is -3.54. The molecule has 0 bridgehead atoms. The van der Waals surface area contributed by atoms with Crippen LogP contribution >= 0.6 is 11.6 Å². The van der Waals surface area contributed by atoms with E-state index in [0.29, 0.717) is 5.75 Å². The van der Waals surface area contributed by atoms with Crippen molar-refractivity contribution in [2.45, 2.75) is 30.2 Å². The lowest BCUT2D eigenvalue weighted by atomic mass is 10.1. The van der Waals surface area contributed by atoms with Gasteiger partial charge in [-0.1, -0.05) is 11.6 Å². The second-order valence-electron chi connectivity index (χ2n) is 4.80. The maximum Gasteiger partial charge on any atom is 0.240 e. The van der Waals surface area contributed by atoms with Gasteiger partial charge in [-0.2, -0.15) is 0 Å². The van der Waals surface area contributed by atoms with Crippen molar-refractivity contribution in [3.8, 4) is 5.75 Å². The van der Waals surface area contributed by atoms with Gasteiger partial charge in [0.2, 0.25) is 10.0 Å². The summed E-state index contributed by atoms with van der Waals surface area (Å²) in [7, 11) is -2.05. The highest BCUT2D eigenvalue weighted by molar-refractivity contribution is 7.89. The van der Waals surface area contributed by atoms with Crippen LogP contribution in [0.5, 0.6) is 5.75 Å². The number of rotatable bonds is 4. The van der Waals surface area contributed by atoms with E-state index in [1.807, 2.05) is 0 Å². The molecule has 1 aliphatic rings. The molecule has 2 rings (SSSR count). The van der Waals surface area contributed by atoms with Crippen molar-refractivity contribution in [2.75, 3.05) is 20.2 Å². The molecule has 20 heavy (non-hydrogen) atoms. The standard InChI is InChI=1S/C13H19ClN2O3S/c1-19-13-5-4-11(9-12(13)14)20(17,18)16-10-3-2-7-15-8-6-10/h4-5,9-10,15-16H,2-3,6-8H2,1H3. The largest absolute Gasteiger partial charge is 0.495 e. The van der Waals surface area contributed by atoms with Gasteiger partial charge in [0, 0.05) is 6.04 Å². The van der Waals surface area contributed by atoms with Gasteiger partial charge in [-0.3, -0.25) is 0 Å². The van der Waals surface area contributed by atoms with E-state index in [1.165, 1.54) is 19.2 Å². The van der Waals surface area contributed by atoms with Crippen molar-refractivity contribution in [1.82, 2.24) is 10.0 Å². The Kier molecular flexibility index (Phi) is 5.26. The zero-order valence-corrected chi connectivity index (χ0v) is 12.9. The second-order valence-corrected chi connectivity index (χ2v) is 6.92. The van der Waals surface area contributed by atoms with Gasteiger partial charge in [0.25, 0.3) is 0 Å². The molecule has 1 heterocycles. The first-order valence-electron chi connectivity index (χ1n) is 6.59. The monoisotopic (exact) mass is 318 g/mol. The quantitative estimate of drug-likeness (QED) is 0.888. The Morgan fingerprint density at radius 3 is 2.85 bits per heavy atom. The van der Waals surface area contributed by atoms with Crippen LogP contribution in [0.1, 0.15) is 19.3 Å². The van der Waals surface area contributed by atoms with Crippen LogP contribution in [0, 0.1) is 0 Å². The second kappa shape index (κ2) is 6.76. The molecule has 0 spiro atoms. The maximum absolute atomic E-state index is 12.3. The highest BCUT2D eigenvalue weighted by atomic mass is 35.5. The number of nitrogens with one attached hydrogen (secondary N) is 2. The Bertz CT molecular complexity index is 555. The van der Waals surface area contributed by atoms with Gasteiger partial charge in [-0.05, 0) is 50.6 Å². The summed E-state index contributed by atoms with van der Waals surface area (Å²) in [5.41, 5.74) is 0. The number of methoxy groups -OCH3 is 1. The van der Waals surface area contributed by atoms with Crippen LogP contribution in [0.25, 0.3) is 0 Å². The average molecular weight is 319 g/mol. The molecule has 112 valence electrons. The molecule has 1 atom stereocenters. The van der Waals surface area contributed by atoms with Crippen LogP contribution in [-0.2, 0) is 10.0 Å². The van der Waals surface area contributed by atoms with Crippen LogP contribution in [0.3, 0.4) is 0 Å². The summed E-state index contributed by atoms with van der Waals surface area (Å²) in [6.45, 7) is 1.77. The topological polar surface area (TPSA) is 67.4 Å². The summed E-state index contributed by atoms with van der Waals surface area (Å²) in [4.78, 5) is 0.167. The van der Waals surface area contributed by atoms with Crippen molar-refractivity contribution in [3.63, 3.8) is 0 Å². The zero-order chi connectivity index (χ0) is 14.6. The van der Waals surface area contributed by atoms with E-state index in [4.69, 9.17) is 16.3 Å². The van der Waals surface area contributed by atoms with E-state index in [1.54, 1.807) is 6.07 Å². The molecule has 0 aromatic heterocycles. The Balaban J connectivity index is 2.15. The Morgan fingerprint density at radius 2 is 2.15 bits per heavy atom. The van der Waals surface area contributed by atoms with E-state index in [2.05, 4.69) is 10.0 Å². The fraction of sp³-hybridized carbons (Fsp3) is 0.538. The fourth-order valence-corrected chi connectivity index (χ4v) is 3.89. The predicted molar refractivity (Wildman–Crippen MR) is 78.8 cm³/mol. The Hall–Kier alpha value is -0.820. The summed E-state index contributed by atoms with van der Waals surface area (Å²) < 4.78 is 32.4. The van der Waals surface area contributed by atoms with Gasteiger partial charge in [0.1, 0.15) is 5.75 Å². The van der Waals surface area contributed by atoms with Crippen molar-refractivity contribution in [3.05, 3.63) is 23.2 Å². The lowest BCUT2D eigenvalue weighted by molar-refractivity contribution is 0.414. The molecule has 7 heteroatoms. The van der Waals surface area contributed by atoms with Gasteiger partial charge in [-0.15, -0.1) is 0 Å². The van der Waals surface area contributed by atoms with Crippen LogP contribution < -0.4 is 14.8 Å². The molecule has 1 unspecified atom stereocenters. The normalized spacial score (nSPS) is 20.4. The number of hydrogen-bond acceptors (Lipinski definition) is 4. The third-order valence-corrected chi connectivity index (χ3v) is 5.14. The molecule has 1 saturated heterocycles. The van der Waals surface area contributed by atoms with Gasteiger partial charge >= 0.3 is 0 Å². The Morgan fingerprint density at radius 1 is 1.35 bits per heavy atom. The molecule has 0 amide bonds. The molecule has 1 aromatic carbocycles. The molecule has 0 saturated carbocycles. The summed E-state index contributed by atoms with van der Waals surface area (Å²) in [5.74, 6) is 0.462. The molecule has 5 nitrogen and oxygen atoms in total.